The predicted octanol–water partition coefficient (Wildman–Crippen LogP) is 2.58. The quantitative estimate of drug-likeness (QED) is 0.452. The smallest absolute Gasteiger partial charge is 0.126 e. The molecule has 3 heterocycles. The molecule has 0 saturated carbocycles. The van der Waals surface area contributed by atoms with Gasteiger partial charge in [-0.25, -0.2) is 4.98 Å². The van der Waals surface area contributed by atoms with Gasteiger partial charge in [-0.15, -0.1) is 0 Å². The van der Waals surface area contributed by atoms with Crippen molar-refractivity contribution in [2.75, 3.05) is 17.6 Å². The number of anilines is 2. The van der Waals surface area contributed by atoms with Crippen molar-refractivity contribution in [1.82, 2.24) is 25.4 Å². The summed E-state index contributed by atoms with van der Waals surface area (Å²) in [6.07, 6.45) is 4.34. The van der Waals surface area contributed by atoms with E-state index in [9.17, 15) is 0 Å². The Bertz CT molecular complexity index is 943. The molecule has 120 valence electrons. The molecule has 0 saturated heterocycles. The first-order valence-electron chi connectivity index (χ1n) is 7.72. The third kappa shape index (κ3) is 2.79. The highest BCUT2D eigenvalue weighted by atomic mass is 15.1. The Kier molecular flexibility index (Phi) is 3.59. The van der Waals surface area contributed by atoms with Gasteiger partial charge in [0, 0.05) is 53.8 Å². The number of hydrogen-bond donors (Lipinski definition) is 4. The number of hydrogen-bond acceptors (Lipinski definition) is 5. The molecular weight excluding hydrogens is 302 g/mol. The highest BCUT2D eigenvalue weighted by Gasteiger charge is 2.07. The van der Waals surface area contributed by atoms with E-state index in [1.54, 1.807) is 12.4 Å². The summed E-state index contributed by atoms with van der Waals surface area (Å²) in [6, 6.07) is 11.9. The van der Waals surface area contributed by atoms with Gasteiger partial charge in [-0.3, -0.25) is 10.2 Å². The number of H-pyrrole nitrogens is 2. The maximum Gasteiger partial charge on any atom is 0.126 e. The molecule has 7 nitrogen and oxygen atoms in total. The summed E-state index contributed by atoms with van der Waals surface area (Å²) in [5.74, 6) is 0.494. The van der Waals surface area contributed by atoms with Crippen LogP contribution in [0.25, 0.3) is 22.2 Å². The Balaban J connectivity index is 1.62. The summed E-state index contributed by atoms with van der Waals surface area (Å²) < 4.78 is 0. The first kappa shape index (κ1) is 14.3. The van der Waals surface area contributed by atoms with Gasteiger partial charge in [0.05, 0.1) is 11.2 Å². The number of rotatable bonds is 5. The fourth-order valence-electron chi connectivity index (χ4n) is 2.74. The Labute approximate surface area is 138 Å². The molecule has 0 aliphatic heterocycles. The Morgan fingerprint density at radius 2 is 1.88 bits per heavy atom. The number of nitrogens with zero attached hydrogens (tertiary/aromatic N) is 3. The minimum Gasteiger partial charge on any atom is -0.384 e. The molecule has 0 radical (unpaired) electrons. The largest absolute Gasteiger partial charge is 0.384 e. The van der Waals surface area contributed by atoms with Gasteiger partial charge in [-0.1, -0.05) is 12.1 Å². The van der Waals surface area contributed by atoms with Gasteiger partial charge in [-0.2, -0.15) is 10.2 Å². The molecule has 24 heavy (non-hydrogen) atoms. The van der Waals surface area contributed by atoms with Crippen molar-refractivity contribution in [3.8, 4) is 11.3 Å². The van der Waals surface area contributed by atoms with E-state index in [-0.39, 0.29) is 0 Å². The minimum atomic E-state index is 0.494. The Morgan fingerprint density at radius 1 is 1.00 bits per heavy atom. The van der Waals surface area contributed by atoms with E-state index in [0.717, 1.165) is 46.5 Å². The third-order valence-corrected chi connectivity index (χ3v) is 3.91. The van der Waals surface area contributed by atoms with Crippen LogP contribution in [-0.2, 0) is 6.42 Å². The first-order valence-corrected chi connectivity index (χ1v) is 7.72. The molecule has 0 spiro atoms. The summed E-state index contributed by atoms with van der Waals surface area (Å²) in [5, 5.41) is 18.3. The van der Waals surface area contributed by atoms with Crippen LogP contribution >= 0.6 is 0 Å². The summed E-state index contributed by atoms with van der Waals surface area (Å²) >= 11 is 0. The second kappa shape index (κ2) is 6.04. The lowest BCUT2D eigenvalue weighted by atomic mass is 10.1. The second-order valence-corrected chi connectivity index (χ2v) is 5.56. The van der Waals surface area contributed by atoms with E-state index in [1.165, 1.54) is 0 Å². The van der Waals surface area contributed by atoms with Crippen molar-refractivity contribution in [2.24, 2.45) is 0 Å². The van der Waals surface area contributed by atoms with Crippen LogP contribution in [0, 0.1) is 0 Å². The van der Waals surface area contributed by atoms with Crippen LogP contribution in [0.15, 0.2) is 48.8 Å². The van der Waals surface area contributed by atoms with Crippen molar-refractivity contribution in [3.63, 3.8) is 0 Å². The number of fused-ring (bicyclic) bond motifs is 1. The molecule has 0 aliphatic rings. The summed E-state index contributed by atoms with van der Waals surface area (Å²) in [5.41, 5.74) is 10.9. The molecule has 7 heteroatoms. The van der Waals surface area contributed by atoms with Gasteiger partial charge in [0.2, 0.25) is 0 Å². The molecule has 4 rings (SSSR count). The van der Waals surface area contributed by atoms with Gasteiger partial charge in [0.1, 0.15) is 5.82 Å². The van der Waals surface area contributed by atoms with E-state index in [1.807, 2.05) is 30.3 Å². The molecule has 0 atom stereocenters. The zero-order valence-corrected chi connectivity index (χ0v) is 13.0. The van der Waals surface area contributed by atoms with Gasteiger partial charge in [0.25, 0.3) is 0 Å². The number of nitrogen functional groups attached to an aromatic ring is 1. The van der Waals surface area contributed by atoms with Crippen LogP contribution in [0.4, 0.5) is 11.5 Å². The van der Waals surface area contributed by atoms with Crippen LogP contribution in [-0.4, -0.2) is 31.9 Å². The van der Waals surface area contributed by atoms with Gasteiger partial charge in [-0.05, 0) is 18.2 Å². The topological polar surface area (TPSA) is 108 Å². The van der Waals surface area contributed by atoms with Crippen LogP contribution in [0.2, 0.25) is 0 Å². The van der Waals surface area contributed by atoms with Gasteiger partial charge in [0.15, 0.2) is 0 Å². The number of benzene rings is 1. The fraction of sp³-hybridized carbons (Fsp3) is 0.118. The van der Waals surface area contributed by atoms with Crippen molar-refractivity contribution < 1.29 is 0 Å². The van der Waals surface area contributed by atoms with Crippen LogP contribution in [0.3, 0.4) is 0 Å². The lowest BCUT2D eigenvalue weighted by Crippen LogP contribution is -2.06. The maximum absolute atomic E-state index is 5.97. The Morgan fingerprint density at radius 3 is 2.67 bits per heavy atom. The third-order valence-electron chi connectivity index (χ3n) is 3.91. The van der Waals surface area contributed by atoms with Crippen molar-refractivity contribution >= 4 is 22.4 Å². The maximum atomic E-state index is 5.97. The van der Waals surface area contributed by atoms with E-state index in [2.05, 4.69) is 36.8 Å². The average Bonchev–Trinajstić information content (AvgIpc) is 3.28. The predicted molar refractivity (Wildman–Crippen MR) is 94.5 cm³/mol. The second-order valence-electron chi connectivity index (χ2n) is 5.56. The molecule has 0 fully saturated rings. The molecule has 3 aromatic heterocycles. The summed E-state index contributed by atoms with van der Waals surface area (Å²) in [7, 11) is 0. The number of nitrogens with one attached hydrogen (secondary N) is 3. The highest BCUT2D eigenvalue weighted by molar-refractivity contribution is 5.95. The normalized spacial score (nSPS) is 11.0. The van der Waals surface area contributed by atoms with Crippen molar-refractivity contribution in [2.45, 2.75) is 6.42 Å². The minimum absolute atomic E-state index is 0.494. The first-order chi connectivity index (χ1) is 11.8. The zero-order chi connectivity index (χ0) is 16.4. The lowest BCUT2D eigenvalue weighted by Gasteiger charge is -2.11. The molecule has 0 amide bonds. The summed E-state index contributed by atoms with van der Waals surface area (Å²) in [6.45, 7) is 0.781. The lowest BCUT2D eigenvalue weighted by molar-refractivity contribution is 0.930. The summed E-state index contributed by atoms with van der Waals surface area (Å²) in [4.78, 5) is 4.45. The van der Waals surface area contributed by atoms with Crippen LogP contribution in [0.5, 0.6) is 0 Å². The van der Waals surface area contributed by atoms with Gasteiger partial charge < -0.3 is 11.1 Å². The van der Waals surface area contributed by atoms with E-state index in [0.29, 0.717) is 5.82 Å². The van der Waals surface area contributed by atoms with E-state index < -0.39 is 0 Å². The van der Waals surface area contributed by atoms with Gasteiger partial charge >= 0.3 is 0 Å². The molecular formula is C17H17N7. The van der Waals surface area contributed by atoms with Crippen molar-refractivity contribution in [1.29, 1.82) is 0 Å². The molecule has 1 aromatic carbocycles. The van der Waals surface area contributed by atoms with E-state index in [4.69, 9.17) is 5.73 Å². The standard InChI is InChI=1S/C17H17N7/c18-17-10-15(19-6-3-12-4-7-20-23-12)13-2-1-11(9-16(13)22-17)14-5-8-21-24-14/h1-2,4-5,7-10H,3,6H2,(H,20,23)(H,21,24)(H3,18,19,22). The molecule has 5 N–H and O–H groups in total. The SMILES string of the molecule is Nc1cc(NCCc2ccn[nH]2)c2ccc(-c3ccn[nH]3)cc2n1. The number of nitrogens with two attached hydrogens (primary N) is 1. The van der Waals surface area contributed by atoms with Crippen LogP contribution < -0.4 is 11.1 Å². The molecule has 0 bridgehead atoms. The zero-order valence-electron chi connectivity index (χ0n) is 13.0. The number of aromatic nitrogens is 5. The van der Waals surface area contributed by atoms with E-state index >= 15 is 0 Å². The molecule has 0 unspecified atom stereocenters. The molecule has 4 aromatic rings. The number of aromatic amines is 2. The van der Waals surface area contributed by atoms with Crippen LogP contribution in [0.1, 0.15) is 5.69 Å². The average molecular weight is 319 g/mol. The number of pyridine rings is 1. The molecule has 0 aliphatic carbocycles. The Hall–Kier alpha value is -3.35. The highest BCUT2D eigenvalue weighted by Crippen LogP contribution is 2.28. The van der Waals surface area contributed by atoms with Crippen molar-refractivity contribution in [3.05, 3.63) is 54.5 Å². The monoisotopic (exact) mass is 319 g/mol. The fourth-order valence-corrected chi connectivity index (χ4v) is 2.74.